The molecule has 4 aliphatic carbocycles. The molecular weight excluding hydrogens is 625 g/mol. The maximum Gasteiger partial charge on any atom is 0.264 e. The molecule has 2 aromatic carbocycles. The maximum atomic E-state index is 13.2. The summed E-state index contributed by atoms with van der Waals surface area (Å²) in [6, 6.07) is 15.7. The van der Waals surface area contributed by atoms with Gasteiger partial charge in [0.2, 0.25) is 10.0 Å². The van der Waals surface area contributed by atoms with Crippen molar-refractivity contribution in [2.45, 2.75) is 58.9 Å². The summed E-state index contributed by atoms with van der Waals surface area (Å²) < 4.78 is 40.4. The van der Waals surface area contributed by atoms with Crippen LogP contribution in [0.4, 0.5) is 5.69 Å². The summed E-state index contributed by atoms with van der Waals surface area (Å²) in [4.78, 5) is 22.2. The highest BCUT2D eigenvalue weighted by Crippen LogP contribution is 2.60. The standard InChI is InChI=1S/C38H48N4O5S/c1-3-46-35-17-30(16-32(18-35)33-19-36(47-4-2)24-39-23-33)25-41-9-11-42(12-10-41)34-7-5-31(6-8-34)37(43)40-48(44,45)26-38-20-27-13-28(21-38)15-29(14-27)22-38/h5-8,16-19,23-24,27-29H,3-4,9-15,20-22,25-26H2,1-2H3,(H,40,43). The number of amides is 1. The molecule has 2 heterocycles. The lowest BCUT2D eigenvalue weighted by molar-refractivity contribution is -0.0391. The minimum absolute atomic E-state index is 0.0765. The highest BCUT2D eigenvalue weighted by molar-refractivity contribution is 7.90. The van der Waals surface area contributed by atoms with E-state index < -0.39 is 15.9 Å². The zero-order chi connectivity index (χ0) is 33.3. The topological polar surface area (TPSA) is 101 Å². The number of nitrogens with zero attached hydrogens (tertiary/aromatic N) is 3. The fourth-order valence-electron chi connectivity index (χ4n) is 9.34. The van der Waals surface area contributed by atoms with E-state index in [2.05, 4.69) is 37.7 Å². The van der Waals surface area contributed by atoms with E-state index in [1.807, 2.05) is 38.2 Å². The van der Waals surface area contributed by atoms with E-state index in [1.165, 1.54) is 24.8 Å². The SMILES string of the molecule is CCOc1cncc(-c2cc(CN3CCN(c4ccc(C(=O)NS(=O)(=O)CC56CC7CC(CC(C7)C5)C6)cc4)CC3)cc(OCC)c2)c1. The van der Waals surface area contributed by atoms with Crippen LogP contribution in [0.2, 0.25) is 0 Å². The van der Waals surface area contributed by atoms with E-state index in [-0.39, 0.29) is 11.2 Å². The van der Waals surface area contributed by atoms with Crippen molar-refractivity contribution in [2.75, 3.05) is 50.0 Å². The fourth-order valence-corrected chi connectivity index (χ4v) is 11.0. The summed E-state index contributed by atoms with van der Waals surface area (Å²) >= 11 is 0. The maximum absolute atomic E-state index is 13.2. The van der Waals surface area contributed by atoms with Crippen LogP contribution in [0.15, 0.2) is 60.9 Å². The molecule has 1 N–H and O–H groups in total. The molecule has 0 radical (unpaired) electrons. The number of carbonyl (C=O) groups is 1. The Labute approximate surface area is 285 Å². The number of sulfonamides is 1. The summed E-state index contributed by atoms with van der Waals surface area (Å²) in [5.74, 6) is 3.14. The summed E-state index contributed by atoms with van der Waals surface area (Å²) in [7, 11) is -3.72. The molecule has 5 fully saturated rings. The first-order valence-corrected chi connectivity index (χ1v) is 19.3. The summed E-state index contributed by atoms with van der Waals surface area (Å²) in [6.45, 7) is 9.42. The molecule has 1 aromatic heterocycles. The lowest BCUT2D eigenvalue weighted by atomic mass is 9.50. The van der Waals surface area contributed by atoms with Crippen molar-refractivity contribution >= 4 is 21.6 Å². The monoisotopic (exact) mass is 672 g/mol. The second-order valence-corrected chi connectivity index (χ2v) is 16.3. The van der Waals surface area contributed by atoms with E-state index >= 15 is 0 Å². The Morgan fingerprint density at radius 2 is 1.46 bits per heavy atom. The molecule has 1 aliphatic heterocycles. The molecule has 1 amide bonds. The molecule has 9 nitrogen and oxygen atoms in total. The highest BCUT2D eigenvalue weighted by atomic mass is 32.2. The average Bonchev–Trinajstić information content (AvgIpc) is 3.04. The van der Waals surface area contributed by atoms with Crippen molar-refractivity contribution in [2.24, 2.45) is 23.2 Å². The first kappa shape index (κ1) is 32.9. The van der Waals surface area contributed by atoms with Crippen LogP contribution in [0.3, 0.4) is 0 Å². The van der Waals surface area contributed by atoms with E-state index in [4.69, 9.17) is 9.47 Å². The quantitative estimate of drug-likeness (QED) is 0.245. The molecule has 8 rings (SSSR count). The van der Waals surface area contributed by atoms with Crippen molar-refractivity contribution in [3.05, 3.63) is 72.1 Å². The molecule has 48 heavy (non-hydrogen) atoms. The third-order valence-corrected chi connectivity index (χ3v) is 12.3. The van der Waals surface area contributed by atoms with Gasteiger partial charge >= 0.3 is 0 Å². The minimum atomic E-state index is -3.72. The molecule has 5 aliphatic rings. The fraction of sp³-hybridized carbons (Fsp3) is 0.526. The molecular formula is C38H48N4O5S. The number of aromatic nitrogens is 1. The first-order chi connectivity index (χ1) is 23.2. The molecule has 0 atom stereocenters. The number of hydrogen-bond acceptors (Lipinski definition) is 8. The Hall–Kier alpha value is -3.63. The van der Waals surface area contributed by atoms with Gasteiger partial charge in [-0.25, -0.2) is 13.1 Å². The van der Waals surface area contributed by atoms with Crippen LogP contribution in [0, 0.1) is 23.2 Å². The predicted octanol–water partition coefficient (Wildman–Crippen LogP) is 6.14. The molecule has 3 aromatic rings. The van der Waals surface area contributed by atoms with Crippen LogP contribution >= 0.6 is 0 Å². The van der Waals surface area contributed by atoms with Gasteiger partial charge in [-0.1, -0.05) is 0 Å². The third-order valence-electron chi connectivity index (χ3n) is 10.8. The first-order valence-electron chi connectivity index (χ1n) is 17.7. The van der Waals surface area contributed by atoms with Crippen molar-refractivity contribution in [3.63, 3.8) is 0 Å². The molecule has 0 spiro atoms. The Morgan fingerprint density at radius 3 is 2.10 bits per heavy atom. The van der Waals surface area contributed by atoms with Gasteiger partial charge in [-0.15, -0.1) is 0 Å². The van der Waals surface area contributed by atoms with Gasteiger partial charge in [0.1, 0.15) is 11.5 Å². The molecule has 4 saturated carbocycles. The Kier molecular flexibility index (Phi) is 9.39. The number of carbonyl (C=O) groups excluding carboxylic acids is 1. The molecule has 256 valence electrons. The number of nitrogens with one attached hydrogen (secondary N) is 1. The van der Waals surface area contributed by atoms with E-state index in [9.17, 15) is 13.2 Å². The number of rotatable bonds is 12. The van der Waals surface area contributed by atoms with Crippen molar-refractivity contribution in [3.8, 4) is 22.6 Å². The molecule has 10 heteroatoms. The smallest absolute Gasteiger partial charge is 0.264 e. The van der Waals surface area contributed by atoms with Gasteiger partial charge in [0.25, 0.3) is 5.91 Å². The van der Waals surface area contributed by atoms with Crippen molar-refractivity contribution in [1.82, 2.24) is 14.6 Å². The van der Waals surface area contributed by atoms with Gasteiger partial charge < -0.3 is 14.4 Å². The number of anilines is 1. The largest absolute Gasteiger partial charge is 0.494 e. The predicted molar refractivity (Wildman–Crippen MR) is 188 cm³/mol. The molecule has 0 unspecified atom stereocenters. The van der Waals surface area contributed by atoms with Crippen LogP contribution in [0.25, 0.3) is 11.1 Å². The van der Waals surface area contributed by atoms with Crippen molar-refractivity contribution in [1.29, 1.82) is 0 Å². The summed E-state index contributed by atoms with van der Waals surface area (Å²) in [6.07, 6.45) is 10.4. The summed E-state index contributed by atoms with van der Waals surface area (Å²) in [5, 5.41) is 0. The number of benzene rings is 2. The van der Waals surface area contributed by atoms with Crippen LogP contribution in [0.5, 0.6) is 11.5 Å². The summed E-state index contributed by atoms with van der Waals surface area (Å²) in [5.41, 5.74) is 4.48. The van der Waals surface area contributed by atoms with E-state index in [0.29, 0.717) is 36.5 Å². The van der Waals surface area contributed by atoms with Crippen molar-refractivity contribution < 1.29 is 22.7 Å². The van der Waals surface area contributed by atoms with E-state index in [1.54, 1.807) is 18.3 Å². The van der Waals surface area contributed by atoms with Crippen LogP contribution in [-0.4, -0.2) is 69.4 Å². The van der Waals surface area contributed by atoms with Gasteiger partial charge in [0, 0.05) is 55.7 Å². The average molecular weight is 673 g/mol. The van der Waals surface area contributed by atoms with E-state index in [0.717, 1.165) is 80.3 Å². The van der Waals surface area contributed by atoms with Gasteiger partial charge in [-0.05, 0) is 135 Å². The molecule has 1 saturated heterocycles. The molecule has 4 bridgehead atoms. The number of ether oxygens (including phenoxy) is 2. The zero-order valence-corrected chi connectivity index (χ0v) is 29.0. The lowest BCUT2D eigenvalue weighted by Gasteiger charge is -2.56. The minimum Gasteiger partial charge on any atom is -0.494 e. The number of hydrogen-bond donors (Lipinski definition) is 1. The Morgan fingerprint density at radius 1 is 0.833 bits per heavy atom. The number of pyridine rings is 1. The van der Waals surface area contributed by atoms with Gasteiger partial charge in [0.15, 0.2) is 0 Å². The van der Waals surface area contributed by atoms with Gasteiger partial charge in [-0.2, -0.15) is 0 Å². The third kappa shape index (κ3) is 7.49. The second-order valence-electron chi connectivity index (χ2n) is 14.6. The Bertz CT molecular complexity index is 1680. The second kappa shape index (κ2) is 13.7. The normalized spacial score (nSPS) is 25.2. The van der Waals surface area contributed by atoms with Crippen LogP contribution in [-0.2, 0) is 16.6 Å². The van der Waals surface area contributed by atoms with Crippen LogP contribution in [0.1, 0.15) is 68.3 Å². The Balaban J connectivity index is 0.940. The lowest BCUT2D eigenvalue weighted by Crippen LogP contribution is -2.51. The zero-order valence-electron chi connectivity index (χ0n) is 28.2. The highest BCUT2D eigenvalue weighted by Gasteiger charge is 2.52. The van der Waals surface area contributed by atoms with Gasteiger partial charge in [0.05, 0.1) is 25.2 Å². The van der Waals surface area contributed by atoms with Crippen LogP contribution < -0.4 is 19.1 Å². The van der Waals surface area contributed by atoms with Gasteiger partial charge in [-0.3, -0.25) is 14.7 Å². The number of piperazine rings is 1.